The van der Waals surface area contributed by atoms with Gasteiger partial charge in [0.2, 0.25) is 0 Å². The van der Waals surface area contributed by atoms with Crippen LogP contribution < -0.4 is 10.1 Å². The number of carbonyl (C=O) groups is 2. The van der Waals surface area contributed by atoms with Crippen molar-refractivity contribution in [2.45, 2.75) is 13.8 Å². The van der Waals surface area contributed by atoms with Crippen molar-refractivity contribution in [3.63, 3.8) is 0 Å². The maximum absolute atomic E-state index is 11.9. The summed E-state index contributed by atoms with van der Waals surface area (Å²) in [6.07, 6.45) is 1.44. The maximum Gasteiger partial charge on any atom is 0.328 e. The van der Waals surface area contributed by atoms with E-state index in [9.17, 15) is 14.7 Å². The van der Waals surface area contributed by atoms with Crippen LogP contribution >= 0.6 is 0 Å². The van der Waals surface area contributed by atoms with Gasteiger partial charge in [-0.05, 0) is 26.0 Å². The summed E-state index contributed by atoms with van der Waals surface area (Å²) in [5.41, 5.74) is 0.554. The number of para-hydroxylation sites is 1. The number of nitrogens with zero attached hydrogens (tertiary/aromatic N) is 1. The summed E-state index contributed by atoms with van der Waals surface area (Å²) in [5.74, 6) is -0.122. The van der Waals surface area contributed by atoms with Crippen molar-refractivity contribution in [1.29, 1.82) is 0 Å². The summed E-state index contributed by atoms with van der Waals surface area (Å²) in [6, 6.07) is 4.52. The van der Waals surface area contributed by atoms with Gasteiger partial charge in [0.1, 0.15) is 5.70 Å². The number of rotatable bonds is 4. The fourth-order valence-corrected chi connectivity index (χ4v) is 1.94. The zero-order chi connectivity index (χ0) is 14.7. The molecule has 0 atom stereocenters. The molecule has 3 amide bonds. The third-order valence-corrected chi connectivity index (χ3v) is 2.91. The van der Waals surface area contributed by atoms with Gasteiger partial charge >= 0.3 is 6.03 Å². The molecule has 20 heavy (non-hydrogen) atoms. The predicted molar refractivity (Wildman–Crippen MR) is 73.2 cm³/mol. The van der Waals surface area contributed by atoms with Gasteiger partial charge < -0.3 is 15.2 Å². The highest BCUT2D eigenvalue weighted by molar-refractivity contribution is 6.14. The lowest BCUT2D eigenvalue weighted by molar-refractivity contribution is -0.122. The summed E-state index contributed by atoms with van der Waals surface area (Å²) in [5, 5.41) is 12.5. The van der Waals surface area contributed by atoms with Gasteiger partial charge in [-0.15, -0.1) is 0 Å². The average molecular weight is 276 g/mol. The molecule has 0 aliphatic carbocycles. The Kier molecular flexibility index (Phi) is 3.93. The first-order valence-corrected chi connectivity index (χ1v) is 6.37. The van der Waals surface area contributed by atoms with Crippen molar-refractivity contribution in [2.24, 2.45) is 0 Å². The van der Waals surface area contributed by atoms with E-state index in [4.69, 9.17) is 4.74 Å². The second-order valence-electron chi connectivity index (χ2n) is 4.16. The fraction of sp³-hybridized carbons (Fsp3) is 0.286. The molecular weight excluding hydrogens is 260 g/mol. The van der Waals surface area contributed by atoms with Crippen molar-refractivity contribution >= 4 is 18.0 Å². The predicted octanol–water partition coefficient (Wildman–Crippen LogP) is 1.70. The second-order valence-corrected chi connectivity index (χ2v) is 4.16. The van der Waals surface area contributed by atoms with Crippen LogP contribution in [0.15, 0.2) is 23.9 Å². The van der Waals surface area contributed by atoms with Crippen molar-refractivity contribution in [3.05, 3.63) is 29.5 Å². The molecule has 0 bridgehead atoms. The molecule has 0 unspecified atom stereocenters. The van der Waals surface area contributed by atoms with E-state index in [1.165, 1.54) is 6.08 Å². The van der Waals surface area contributed by atoms with Crippen molar-refractivity contribution < 1.29 is 19.4 Å². The van der Waals surface area contributed by atoms with Crippen LogP contribution in [0.25, 0.3) is 6.08 Å². The van der Waals surface area contributed by atoms with Crippen molar-refractivity contribution in [1.82, 2.24) is 10.2 Å². The van der Waals surface area contributed by atoms with Gasteiger partial charge in [0.15, 0.2) is 11.5 Å². The first kappa shape index (κ1) is 13.9. The molecule has 1 fully saturated rings. The number of likely N-dealkylation sites (N-methyl/N-ethyl adjacent to an activating group) is 1. The molecule has 0 spiro atoms. The summed E-state index contributed by atoms with van der Waals surface area (Å²) in [7, 11) is 0. The van der Waals surface area contributed by atoms with Gasteiger partial charge in [-0.25, -0.2) is 4.79 Å². The summed E-state index contributed by atoms with van der Waals surface area (Å²) in [4.78, 5) is 24.6. The highest BCUT2D eigenvalue weighted by Gasteiger charge is 2.32. The van der Waals surface area contributed by atoms with Crippen LogP contribution in [-0.4, -0.2) is 35.1 Å². The Morgan fingerprint density at radius 3 is 2.70 bits per heavy atom. The number of imide groups is 1. The topological polar surface area (TPSA) is 78.9 Å². The van der Waals surface area contributed by atoms with Crippen LogP contribution in [0.4, 0.5) is 4.79 Å². The Morgan fingerprint density at radius 2 is 2.10 bits per heavy atom. The van der Waals surface area contributed by atoms with E-state index < -0.39 is 11.9 Å². The van der Waals surface area contributed by atoms with E-state index in [2.05, 4.69) is 5.32 Å². The molecule has 106 valence electrons. The first-order chi connectivity index (χ1) is 9.58. The minimum atomic E-state index is -0.454. The third-order valence-electron chi connectivity index (χ3n) is 2.91. The summed E-state index contributed by atoms with van der Waals surface area (Å²) in [6.45, 7) is 4.25. The van der Waals surface area contributed by atoms with Crippen LogP contribution in [0.3, 0.4) is 0 Å². The van der Waals surface area contributed by atoms with Crippen LogP contribution in [0.1, 0.15) is 19.4 Å². The minimum Gasteiger partial charge on any atom is -0.504 e. The molecule has 1 saturated heterocycles. The number of aromatic hydroxyl groups is 1. The highest BCUT2D eigenvalue weighted by atomic mass is 16.5. The SMILES string of the molecule is CCOc1cccc(C=C2NC(=O)N(CC)C2=O)c1O. The van der Waals surface area contributed by atoms with E-state index in [0.717, 1.165) is 4.90 Å². The van der Waals surface area contributed by atoms with Crippen LogP contribution in [-0.2, 0) is 4.79 Å². The van der Waals surface area contributed by atoms with E-state index >= 15 is 0 Å². The minimum absolute atomic E-state index is 0.0566. The van der Waals surface area contributed by atoms with Gasteiger partial charge in [-0.2, -0.15) is 0 Å². The zero-order valence-corrected chi connectivity index (χ0v) is 11.3. The lowest BCUT2D eigenvalue weighted by Crippen LogP contribution is -2.30. The Morgan fingerprint density at radius 1 is 1.35 bits per heavy atom. The molecule has 2 rings (SSSR count). The first-order valence-electron chi connectivity index (χ1n) is 6.37. The van der Waals surface area contributed by atoms with E-state index in [0.29, 0.717) is 24.5 Å². The Hall–Kier alpha value is -2.50. The molecule has 1 aliphatic heterocycles. The third kappa shape index (κ3) is 2.45. The molecule has 2 N–H and O–H groups in total. The van der Waals surface area contributed by atoms with Gasteiger partial charge in [-0.3, -0.25) is 9.69 Å². The van der Waals surface area contributed by atoms with Gasteiger partial charge in [0.05, 0.1) is 6.61 Å². The number of urea groups is 1. The Balaban J connectivity index is 2.34. The number of hydrogen-bond acceptors (Lipinski definition) is 4. The number of hydrogen-bond donors (Lipinski definition) is 2. The van der Waals surface area contributed by atoms with Crippen molar-refractivity contribution in [2.75, 3.05) is 13.2 Å². The number of phenolic OH excluding ortho intramolecular Hbond substituents is 1. The zero-order valence-electron chi connectivity index (χ0n) is 11.3. The van der Waals surface area contributed by atoms with E-state index in [1.807, 2.05) is 6.92 Å². The Labute approximate surface area is 116 Å². The van der Waals surface area contributed by atoms with Gasteiger partial charge in [0.25, 0.3) is 5.91 Å². The van der Waals surface area contributed by atoms with Gasteiger partial charge in [0, 0.05) is 12.1 Å². The van der Waals surface area contributed by atoms with E-state index in [-0.39, 0.29) is 11.4 Å². The van der Waals surface area contributed by atoms with Crippen LogP contribution in [0, 0.1) is 0 Å². The van der Waals surface area contributed by atoms with Crippen molar-refractivity contribution in [3.8, 4) is 11.5 Å². The number of nitrogens with one attached hydrogen (secondary N) is 1. The molecule has 0 aromatic heterocycles. The molecule has 6 heteroatoms. The summed E-state index contributed by atoms with van der Waals surface area (Å²) >= 11 is 0. The second kappa shape index (κ2) is 5.64. The molecule has 1 aromatic rings. The van der Waals surface area contributed by atoms with E-state index in [1.54, 1.807) is 25.1 Å². The molecular formula is C14H16N2O4. The smallest absolute Gasteiger partial charge is 0.328 e. The summed E-state index contributed by atoms with van der Waals surface area (Å²) < 4.78 is 5.27. The number of benzene rings is 1. The normalized spacial score (nSPS) is 16.7. The molecule has 6 nitrogen and oxygen atoms in total. The largest absolute Gasteiger partial charge is 0.504 e. The molecule has 1 aliphatic rings. The lowest BCUT2D eigenvalue weighted by Gasteiger charge is -2.08. The highest BCUT2D eigenvalue weighted by Crippen LogP contribution is 2.31. The number of ether oxygens (including phenoxy) is 1. The molecule has 1 aromatic carbocycles. The van der Waals surface area contributed by atoms with Crippen LogP contribution in [0.2, 0.25) is 0 Å². The Bertz CT molecular complexity index is 581. The quantitative estimate of drug-likeness (QED) is 0.648. The maximum atomic E-state index is 11.9. The molecule has 0 radical (unpaired) electrons. The molecule has 0 saturated carbocycles. The monoisotopic (exact) mass is 276 g/mol. The van der Waals surface area contributed by atoms with Gasteiger partial charge in [-0.1, -0.05) is 12.1 Å². The average Bonchev–Trinajstić information content (AvgIpc) is 2.69. The lowest BCUT2D eigenvalue weighted by atomic mass is 10.1. The number of phenols is 1. The molecule has 1 heterocycles. The fourth-order valence-electron chi connectivity index (χ4n) is 1.94. The van der Waals surface area contributed by atoms with Crippen LogP contribution in [0.5, 0.6) is 11.5 Å². The number of carbonyl (C=O) groups excluding carboxylic acids is 2. The number of amides is 3. The standard InChI is InChI=1S/C14H16N2O4/c1-3-16-13(18)10(15-14(16)19)8-9-6-5-7-11(12(9)17)20-4-2/h5-8,17H,3-4H2,1-2H3,(H,15,19).